The van der Waals surface area contributed by atoms with Gasteiger partial charge < -0.3 is 10.1 Å². The van der Waals surface area contributed by atoms with Crippen molar-refractivity contribution >= 4 is 12.4 Å². The molecule has 0 aliphatic rings. The van der Waals surface area contributed by atoms with Crippen molar-refractivity contribution in [2.45, 2.75) is 13.2 Å². The largest absolute Gasteiger partial charge is 0.489 e. The summed E-state index contributed by atoms with van der Waals surface area (Å²) in [5, 5.41) is 3.12. The van der Waals surface area contributed by atoms with Crippen molar-refractivity contribution in [2.24, 2.45) is 0 Å². The number of ether oxygens (including phenoxy) is 1. The minimum atomic E-state index is 0. The van der Waals surface area contributed by atoms with E-state index in [1.54, 1.807) is 0 Å². The summed E-state index contributed by atoms with van der Waals surface area (Å²) in [6.07, 6.45) is 0. The molecule has 0 saturated carbocycles. The fourth-order valence-electron chi connectivity index (χ4n) is 1.65. The van der Waals surface area contributed by atoms with Crippen LogP contribution in [-0.2, 0) is 13.2 Å². The Hall–Kier alpha value is -1.51. The predicted molar refractivity (Wildman–Crippen MR) is 77.2 cm³/mol. The lowest BCUT2D eigenvalue weighted by atomic mass is 10.2. The van der Waals surface area contributed by atoms with Crippen molar-refractivity contribution < 1.29 is 4.74 Å². The molecule has 2 rings (SSSR count). The third kappa shape index (κ3) is 4.40. The Labute approximate surface area is 114 Å². The van der Waals surface area contributed by atoms with E-state index < -0.39 is 0 Å². The molecule has 2 aromatic carbocycles. The van der Waals surface area contributed by atoms with Crippen LogP contribution in [0.25, 0.3) is 0 Å². The Bertz CT molecular complexity index is 442. The second-order valence-corrected chi connectivity index (χ2v) is 3.95. The van der Waals surface area contributed by atoms with Crippen LogP contribution in [0.15, 0.2) is 54.6 Å². The highest BCUT2D eigenvalue weighted by molar-refractivity contribution is 5.85. The molecule has 2 nitrogen and oxygen atoms in total. The van der Waals surface area contributed by atoms with Crippen LogP contribution in [0.2, 0.25) is 0 Å². The first kappa shape index (κ1) is 14.6. The molecular formula is C15H18ClNO. The molecule has 0 aliphatic carbocycles. The van der Waals surface area contributed by atoms with Gasteiger partial charge in [0.1, 0.15) is 12.4 Å². The lowest BCUT2D eigenvalue weighted by Gasteiger charge is -2.07. The summed E-state index contributed by atoms with van der Waals surface area (Å²) in [6, 6.07) is 18.4. The van der Waals surface area contributed by atoms with Gasteiger partial charge in [-0.15, -0.1) is 12.4 Å². The van der Waals surface area contributed by atoms with Crippen LogP contribution in [-0.4, -0.2) is 7.05 Å². The number of nitrogens with one attached hydrogen (secondary N) is 1. The van der Waals surface area contributed by atoms with Crippen molar-refractivity contribution in [1.29, 1.82) is 0 Å². The van der Waals surface area contributed by atoms with Crippen molar-refractivity contribution in [3.05, 3.63) is 65.7 Å². The quantitative estimate of drug-likeness (QED) is 0.893. The third-order valence-corrected chi connectivity index (χ3v) is 2.55. The zero-order valence-electron chi connectivity index (χ0n) is 10.4. The average molecular weight is 264 g/mol. The number of rotatable bonds is 5. The maximum atomic E-state index is 5.70. The first-order valence-corrected chi connectivity index (χ1v) is 5.79. The molecule has 0 saturated heterocycles. The molecule has 0 amide bonds. The van der Waals surface area contributed by atoms with E-state index in [0.29, 0.717) is 6.61 Å². The van der Waals surface area contributed by atoms with Gasteiger partial charge in [-0.3, -0.25) is 0 Å². The summed E-state index contributed by atoms with van der Waals surface area (Å²) < 4.78 is 5.70. The summed E-state index contributed by atoms with van der Waals surface area (Å²) in [7, 11) is 1.94. The summed E-state index contributed by atoms with van der Waals surface area (Å²) >= 11 is 0. The van der Waals surface area contributed by atoms with Gasteiger partial charge in [-0.05, 0) is 30.3 Å². The highest BCUT2D eigenvalue weighted by Gasteiger charge is 1.96. The fraction of sp³-hybridized carbons (Fsp3) is 0.200. The Morgan fingerprint density at radius 1 is 0.889 bits per heavy atom. The predicted octanol–water partition coefficient (Wildman–Crippen LogP) is 3.41. The molecule has 0 unspecified atom stereocenters. The summed E-state index contributed by atoms with van der Waals surface area (Å²) in [6.45, 7) is 1.51. The van der Waals surface area contributed by atoms with E-state index in [2.05, 4.69) is 29.6 Å². The lowest BCUT2D eigenvalue weighted by molar-refractivity contribution is 0.306. The van der Waals surface area contributed by atoms with Crippen LogP contribution in [0.1, 0.15) is 11.1 Å². The second-order valence-electron chi connectivity index (χ2n) is 3.95. The average Bonchev–Trinajstić information content (AvgIpc) is 2.40. The SMILES string of the molecule is CNCc1ccc(OCc2ccccc2)cc1.Cl. The molecule has 0 bridgehead atoms. The van der Waals surface area contributed by atoms with Gasteiger partial charge in [-0.1, -0.05) is 42.5 Å². The third-order valence-electron chi connectivity index (χ3n) is 2.55. The molecule has 3 heteroatoms. The minimum absolute atomic E-state index is 0. The molecule has 0 aliphatic heterocycles. The van der Waals surface area contributed by atoms with Gasteiger partial charge in [0.2, 0.25) is 0 Å². The molecular weight excluding hydrogens is 246 g/mol. The molecule has 18 heavy (non-hydrogen) atoms. The van der Waals surface area contributed by atoms with E-state index in [1.165, 1.54) is 11.1 Å². The highest BCUT2D eigenvalue weighted by Crippen LogP contribution is 2.14. The van der Waals surface area contributed by atoms with Crippen LogP contribution in [0, 0.1) is 0 Å². The summed E-state index contributed by atoms with van der Waals surface area (Å²) in [5.41, 5.74) is 2.45. The fourth-order valence-corrected chi connectivity index (χ4v) is 1.65. The molecule has 0 aromatic heterocycles. The lowest BCUT2D eigenvalue weighted by Crippen LogP contribution is -2.04. The minimum Gasteiger partial charge on any atom is -0.489 e. The zero-order valence-corrected chi connectivity index (χ0v) is 11.2. The molecule has 0 fully saturated rings. The van der Waals surface area contributed by atoms with Crippen molar-refractivity contribution in [3.8, 4) is 5.75 Å². The first-order valence-electron chi connectivity index (χ1n) is 5.79. The standard InChI is InChI=1S/C15H17NO.ClH/c1-16-11-13-7-9-15(10-8-13)17-12-14-5-3-2-4-6-14;/h2-10,16H,11-12H2,1H3;1H. The van der Waals surface area contributed by atoms with Crippen LogP contribution in [0.5, 0.6) is 5.75 Å². The van der Waals surface area contributed by atoms with Gasteiger partial charge in [0, 0.05) is 6.54 Å². The van der Waals surface area contributed by atoms with Crippen molar-refractivity contribution in [1.82, 2.24) is 5.32 Å². The number of hydrogen-bond acceptors (Lipinski definition) is 2. The van der Waals surface area contributed by atoms with E-state index in [0.717, 1.165) is 12.3 Å². The van der Waals surface area contributed by atoms with E-state index in [4.69, 9.17) is 4.74 Å². The van der Waals surface area contributed by atoms with E-state index >= 15 is 0 Å². The zero-order chi connectivity index (χ0) is 11.9. The molecule has 0 heterocycles. The molecule has 0 atom stereocenters. The second kappa shape index (κ2) is 7.75. The van der Waals surface area contributed by atoms with Gasteiger partial charge >= 0.3 is 0 Å². The molecule has 2 aromatic rings. The van der Waals surface area contributed by atoms with Gasteiger partial charge in [-0.2, -0.15) is 0 Å². The van der Waals surface area contributed by atoms with Crippen LogP contribution >= 0.6 is 12.4 Å². The first-order chi connectivity index (χ1) is 8.38. The van der Waals surface area contributed by atoms with E-state index in [9.17, 15) is 0 Å². The number of benzene rings is 2. The highest BCUT2D eigenvalue weighted by atomic mass is 35.5. The molecule has 1 N–H and O–H groups in total. The summed E-state index contributed by atoms with van der Waals surface area (Å²) in [4.78, 5) is 0. The van der Waals surface area contributed by atoms with Crippen LogP contribution in [0.4, 0.5) is 0 Å². The van der Waals surface area contributed by atoms with E-state index in [-0.39, 0.29) is 12.4 Å². The Morgan fingerprint density at radius 2 is 1.56 bits per heavy atom. The molecule has 0 radical (unpaired) electrons. The van der Waals surface area contributed by atoms with Crippen molar-refractivity contribution in [3.63, 3.8) is 0 Å². The smallest absolute Gasteiger partial charge is 0.119 e. The maximum Gasteiger partial charge on any atom is 0.119 e. The maximum absolute atomic E-state index is 5.70. The topological polar surface area (TPSA) is 21.3 Å². The van der Waals surface area contributed by atoms with Crippen molar-refractivity contribution in [2.75, 3.05) is 7.05 Å². The Balaban J connectivity index is 0.00000162. The van der Waals surface area contributed by atoms with Gasteiger partial charge in [0.25, 0.3) is 0 Å². The monoisotopic (exact) mass is 263 g/mol. The molecule has 0 spiro atoms. The van der Waals surface area contributed by atoms with Gasteiger partial charge in [0.15, 0.2) is 0 Å². The molecule has 96 valence electrons. The van der Waals surface area contributed by atoms with Gasteiger partial charge in [0.05, 0.1) is 0 Å². The summed E-state index contributed by atoms with van der Waals surface area (Å²) in [5.74, 6) is 0.911. The van der Waals surface area contributed by atoms with E-state index in [1.807, 2.05) is 37.4 Å². The normalized spacial score (nSPS) is 9.61. The number of halogens is 1. The van der Waals surface area contributed by atoms with Crippen LogP contribution < -0.4 is 10.1 Å². The number of hydrogen-bond donors (Lipinski definition) is 1. The van der Waals surface area contributed by atoms with Crippen LogP contribution in [0.3, 0.4) is 0 Å². The Kier molecular flexibility index (Phi) is 6.26. The van der Waals surface area contributed by atoms with Gasteiger partial charge in [-0.25, -0.2) is 0 Å². The Morgan fingerprint density at radius 3 is 2.17 bits per heavy atom.